The molecular formula is C11H12ClN3O. The van der Waals surface area contributed by atoms with Crippen LogP contribution < -0.4 is 5.73 Å². The Morgan fingerprint density at radius 2 is 2.31 bits per heavy atom. The summed E-state index contributed by atoms with van der Waals surface area (Å²) >= 11 is 5.92. The van der Waals surface area contributed by atoms with E-state index in [0.717, 1.165) is 16.1 Å². The van der Waals surface area contributed by atoms with Gasteiger partial charge in [-0.05, 0) is 24.1 Å². The summed E-state index contributed by atoms with van der Waals surface area (Å²) in [6.45, 7) is 2.37. The molecule has 84 valence electrons. The summed E-state index contributed by atoms with van der Waals surface area (Å²) in [6.07, 6.45) is 0.215. The highest BCUT2D eigenvalue weighted by atomic mass is 35.5. The fourth-order valence-electron chi connectivity index (χ4n) is 1.59. The predicted octanol–water partition coefficient (Wildman–Crippen LogP) is 1.65. The van der Waals surface area contributed by atoms with Crippen molar-refractivity contribution < 1.29 is 4.79 Å². The maximum atomic E-state index is 11.4. The largest absolute Gasteiger partial charge is 0.385 e. The molecule has 2 N–H and O–H groups in total. The molecule has 1 aliphatic rings. The van der Waals surface area contributed by atoms with Gasteiger partial charge in [0, 0.05) is 5.02 Å². The average molecular weight is 238 g/mol. The van der Waals surface area contributed by atoms with Crippen LogP contribution in [-0.2, 0) is 11.3 Å². The molecule has 0 fully saturated rings. The number of hydrogen-bond donors (Lipinski definition) is 1. The molecule has 1 aliphatic heterocycles. The van der Waals surface area contributed by atoms with Crippen molar-refractivity contribution in [1.82, 2.24) is 5.01 Å². The second-order valence-electron chi connectivity index (χ2n) is 3.80. The molecule has 1 heterocycles. The first-order valence-electron chi connectivity index (χ1n) is 4.94. The van der Waals surface area contributed by atoms with E-state index in [2.05, 4.69) is 5.10 Å². The highest BCUT2D eigenvalue weighted by molar-refractivity contribution is 6.31. The number of hydrogen-bond acceptors (Lipinski definition) is 3. The van der Waals surface area contributed by atoms with E-state index in [0.29, 0.717) is 12.4 Å². The zero-order chi connectivity index (χ0) is 11.7. The molecular weight excluding hydrogens is 226 g/mol. The average Bonchev–Trinajstić information content (AvgIpc) is 2.51. The number of carbonyl (C=O) groups excluding carboxylic acids is 1. The number of aryl methyl sites for hydroxylation is 1. The van der Waals surface area contributed by atoms with E-state index in [1.54, 1.807) is 0 Å². The fourth-order valence-corrected chi connectivity index (χ4v) is 1.71. The molecule has 1 amide bonds. The topological polar surface area (TPSA) is 58.7 Å². The number of carbonyl (C=O) groups is 1. The number of amides is 1. The zero-order valence-electron chi connectivity index (χ0n) is 8.90. The lowest BCUT2D eigenvalue weighted by atomic mass is 10.1. The van der Waals surface area contributed by atoms with E-state index in [4.69, 9.17) is 17.3 Å². The Hall–Kier alpha value is -1.55. The number of amidine groups is 1. The quantitative estimate of drug-likeness (QED) is 0.850. The van der Waals surface area contributed by atoms with Crippen molar-refractivity contribution in [3.8, 4) is 0 Å². The Morgan fingerprint density at radius 1 is 1.56 bits per heavy atom. The van der Waals surface area contributed by atoms with Crippen LogP contribution in [0.15, 0.2) is 23.3 Å². The van der Waals surface area contributed by atoms with Gasteiger partial charge >= 0.3 is 0 Å². The summed E-state index contributed by atoms with van der Waals surface area (Å²) in [5.41, 5.74) is 7.47. The van der Waals surface area contributed by atoms with Gasteiger partial charge in [0.15, 0.2) is 0 Å². The number of nitrogens with zero attached hydrogens (tertiary/aromatic N) is 2. The SMILES string of the molecule is Cc1cc(CN2N=C(N)CC2=O)ccc1Cl. The van der Waals surface area contributed by atoms with Gasteiger partial charge < -0.3 is 5.73 Å². The van der Waals surface area contributed by atoms with Gasteiger partial charge in [-0.3, -0.25) is 4.79 Å². The van der Waals surface area contributed by atoms with Crippen LogP contribution in [0.25, 0.3) is 0 Å². The van der Waals surface area contributed by atoms with Crippen LogP contribution in [0.4, 0.5) is 0 Å². The summed E-state index contributed by atoms with van der Waals surface area (Å²) in [5, 5.41) is 6.07. The maximum absolute atomic E-state index is 11.4. The van der Waals surface area contributed by atoms with Crippen LogP contribution in [0.1, 0.15) is 17.5 Å². The molecule has 5 heteroatoms. The van der Waals surface area contributed by atoms with Gasteiger partial charge in [0.1, 0.15) is 5.84 Å². The van der Waals surface area contributed by atoms with E-state index in [9.17, 15) is 4.79 Å². The first-order valence-corrected chi connectivity index (χ1v) is 5.32. The number of rotatable bonds is 2. The Balaban J connectivity index is 2.15. The number of hydrazone groups is 1. The normalized spacial score (nSPS) is 15.5. The third-order valence-electron chi connectivity index (χ3n) is 2.42. The summed E-state index contributed by atoms with van der Waals surface area (Å²) in [4.78, 5) is 11.4. The van der Waals surface area contributed by atoms with E-state index >= 15 is 0 Å². The Kier molecular flexibility index (Phi) is 2.83. The Morgan fingerprint density at radius 3 is 2.88 bits per heavy atom. The van der Waals surface area contributed by atoms with Crippen molar-refractivity contribution in [2.45, 2.75) is 19.9 Å². The minimum atomic E-state index is -0.0647. The molecule has 0 spiro atoms. The molecule has 1 aromatic rings. The first-order chi connectivity index (χ1) is 7.56. The third kappa shape index (κ3) is 2.17. The predicted molar refractivity (Wildman–Crippen MR) is 63.0 cm³/mol. The van der Waals surface area contributed by atoms with Crippen LogP contribution in [-0.4, -0.2) is 16.8 Å². The van der Waals surface area contributed by atoms with Gasteiger partial charge in [0.2, 0.25) is 0 Å². The van der Waals surface area contributed by atoms with Crippen LogP contribution in [0, 0.1) is 6.92 Å². The monoisotopic (exact) mass is 237 g/mol. The highest BCUT2D eigenvalue weighted by Gasteiger charge is 2.21. The summed E-state index contributed by atoms with van der Waals surface area (Å²) < 4.78 is 0. The number of halogens is 1. The molecule has 4 nitrogen and oxygen atoms in total. The Bertz CT molecular complexity index is 470. The molecule has 0 saturated heterocycles. The molecule has 1 aromatic carbocycles. The second-order valence-corrected chi connectivity index (χ2v) is 4.21. The molecule has 0 saturated carbocycles. The number of nitrogens with two attached hydrogens (primary N) is 1. The molecule has 2 rings (SSSR count). The van der Waals surface area contributed by atoms with Crippen molar-refractivity contribution >= 4 is 23.3 Å². The molecule has 16 heavy (non-hydrogen) atoms. The van der Waals surface area contributed by atoms with Gasteiger partial charge in [-0.15, -0.1) is 0 Å². The van der Waals surface area contributed by atoms with Crippen LogP contribution in [0.2, 0.25) is 5.02 Å². The van der Waals surface area contributed by atoms with E-state index in [1.165, 1.54) is 5.01 Å². The molecule has 0 atom stereocenters. The molecule has 0 aromatic heterocycles. The van der Waals surface area contributed by atoms with Crippen molar-refractivity contribution in [2.24, 2.45) is 10.8 Å². The second kappa shape index (κ2) is 4.14. The summed E-state index contributed by atoms with van der Waals surface area (Å²) in [7, 11) is 0. The highest BCUT2D eigenvalue weighted by Crippen LogP contribution is 2.18. The van der Waals surface area contributed by atoms with E-state index < -0.39 is 0 Å². The molecule has 0 unspecified atom stereocenters. The lowest BCUT2D eigenvalue weighted by Crippen LogP contribution is -2.20. The minimum Gasteiger partial charge on any atom is -0.385 e. The Labute approximate surface area is 98.7 Å². The van der Waals surface area contributed by atoms with E-state index in [-0.39, 0.29) is 12.3 Å². The van der Waals surface area contributed by atoms with Gasteiger partial charge in [0.05, 0.1) is 13.0 Å². The van der Waals surface area contributed by atoms with Gasteiger partial charge in [0.25, 0.3) is 5.91 Å². The van der Waals surface area contributed by atoms with Gasteiger partial charge in [-0.1, -0.05) is 23.7 Å². The van der Waals surface area contributed by atoms with Crippen molar-refractivity contribution in [3.05, 3.63) is 34.3 Å². The first kappa shape index (κ1) is 11.0. The fraction of sp³-hybridized carbons (Fsp3) is 0.273. The van der Waals surface area contributed by atoms with Crippen molar-refractivity contribution in [1.29, 1.82) is 0 Å². The third-order valence-corrected chi connectivity index (χ3v) is 2.85. The van der Waals surface area contributed by atoms with E-state index in [1.807, 2.05) is 25.1 Å². The van der Waals surface area contributed by atoms with Crippen LogP contribution in [0.5, 0.6) is 0 Å². The lowest BCUT2D eigenvalue weighted by molar-refractivity contribution is -0.129. The minimum absolute atomic E-state index is 0.0647. The van der Waals surface area contributed by atoms with Crippen molar-refractivity contribution in [2.75, 3.05) is 0 Å². The molecule has 0 aliphatic carbocycles. The van der Waals surface area contributed by atoms with Gasteiger partial charge in [-0.2, -0.15) is 5.10 Å². The zero-order valence-corrected chi connectivity index (χ0v) is 9.66. The van der Waals surface area contributed by atoms with Crippen molar-refractivity contribution in [3.63, 3.8) is 0 Å². The van der Waals surface area contributed by atoms with Crippen LogP contribution in [0.3, 0.4) is 0 Å². The van der Waals surface area contributed by atoms with Gasteiger partial charge in [-0.25, -0.2) is 5.01 Å². The maximum Gasteiger partial charge on any atom is 0.250 e. The van der Waals surface area contributed by atoms with Crippen LogP contribution >= 0.6 is 11.6 Å². The standard InChI is InChI=1S/C11H12ClN3O/c1-7-4-8(2-3-9(7)12)6-15-11(16)5-10(13)14-15/h2-4H,5-6H2,1H3,(H2,13,14). The number of benzene rings is 1. The smallest absolute Gasteiger partial charge is 0.250 e. The molecule has 0 bridgehead atoms. The summed E-state index contributed by atoms with van der Waals surface area (Å²) in [6, 6.07) is 5.64. The molecule has 0 radical (unpaired) electrons. The lowest BCUT2D eigenvalue weighted by Gasteiger charge is -2.12. The summed E-state index contributed by atoms with van der Waals surface area (Å²) in [5.74, 6) is 0.306.